The molecule has 0 aliphatic carbocycles. The van der Waals surface area contributed by atoms with Crippen molar-refractivity contribution >= 4 is 48.1 Å². The smallest absolute Gasteiger partial charge is 0.366 e. The second-order valence-electron chi connectivity index (χ2n) is 2.84. The number of hydrogen-bond acceptors (Lipinski definition) is 6. The normalized spacial score (nSPS) is 12.3. The lowest BCUT2D eigenvalue weighted by atomic mass is 10.4. The fourth-order valence-electron chi connectivity index (χ4n) is 0.988. The summed E-state index contributed by atoms with van der Waals surface area (Å²) in [5.41, 5.74) is 0. The number of alkyl halides is 3. The summed E-state index contributed by atoms with van der Waals surface area (Å²) in [5.74, 6) is -2.51. The van der Waals surface area contributed by atoms with Gasteiger partial charge in [-0.15, -0.1) is 13.2 Å². The van der Waals surface area contributed by atoms with Gasteiger partial charge < -0.3 is 14.9 Å². The first kappa shape index (κ1) is 16.2. The van der Waals surface area contributed by atoms with Crippen LogP contribution < -0.4 is 4.74 Å². The van der Waals surface area contributed by atoms with Gasteiger partial charge in [0.25, 0.3) is 9.05 Å². The van der Waals surface area contributed by atoms with Crippen molar-refractivity contribution in [2.75, 3.05) is 0 Å². The lowest BCUT2D eigenvalue weighted by Crippen LogP contribution is -2.18. The quantitative estimate of drug-likeness (QED) is 0.315. The second-order valence-corrected chi connectivity index (χ2v) is 6.50. The molecule has 0 aromatic carbocycles. The number of nitrogens with zero attached hydrogens (tertiary/aromatic N) is 2. The van der Waals surface area contributed by atoms with Crippen LogP contribution in [0.25, 0.3) is 0 Å². The van der Waals surface area contributed by atoms with Gasteiger partial charge >= 0.3 is 18.1 Å². The van der Waals surface area contributed by atoms with E-state index in [0.717, 1.165) is 0 Å². The van der Waals surface area contributed by atoms with Crippen LogP contribution in [0.3, 0.4) is 0 Å². The molecule has 0 spiro atoms. The average Bonchev–Trinajstić information content (AvgIpc) is 2.10. The number of hydrogen-bond donors (Lipinski definition) is 0. The molecule has 7 nitrogen and oxygen atoms in total. The molecule has 0 aliphatic rings. The van der Waals surface area contributed by atoms with Crippen LogP contribution in [0.4, 0.5) is 19.0 Å². The van der Waals surface area contributed by atoms with E-state index >= 15 is 0 Å². The number of pyridine rings is 1. The van der Waals surface area contributed by atoms with E-state index in [0.29, 0.717) is 6.07 Å². The number of ether oxygens (including phenoxy) is 1. The van der Waals surface area contributed by atoms with E-state index in [4.69, 9.17) is 10.7 Å². The van der Waals surface area contributed by atoms with Crippen molar-refractivity contribution in [3.63, 3.8) is 0 Å². The maximum Gasteiger partial charge on any atom is 0.575 e. The molecule has 0 amide bonds. The summed E-state index contributed by atoms with van der Waals surface area (Å²) in [4.78, 5) is 11.2. The molecular formula is C6HClF3IN2O5S. The minimum absolute atomic E-state index is 0.423. The summed E-state index contributed by atoms with van der Waals surface area (Å²) in [6.45, 7) is 0. The topological polar surface area (TPSA) is 99.4 Å². The summed E-state index contributed by atoms with van der Waals surface area (Å²) >= 11 is 1.27. The summed E-state index contributed by atoms with van der Waals surface area (Å²) in [7, 11) is 0.413. The van der Waals surface area contributed by atoms with Gasteiger partial charge in [-0.25, -0.2) is 8.42 Å². The van der Waals surface area contributed by atoms with Crippen LogP contribution in [-0.4, -0.2) is 24.7 Å². The highest BCUT2D eigenvalue weighted by Crippen LogP contribution is 2.33. The molecule has 13 heteroatoms. The zero-order valence-corrected chi connectivity index (χ0v) is 12.0. The molecule has 1 heterocycles. The van der Waals surface area contributed by atoms with E-state index in [2.05, 4.69) is 9.72 Å². The van der Waals surface area contributed by atoms with Crippen molar-refractivity contribution in [3.8, 4) is 5.88 Å². The molecule has 0 unspecified atom stereocenters. The monoisotopic (exact) mass is 432 g/mol. The van der Waals surface area contributed by atoms with E-state index in [9.17, 15) is 31.7 Å². The summed E-state index contributed by atoms with van der Waals surface area (Å²) < 4.78 is 61.1. The second kappa shape index (κ2) is 5.24. The van der Waals surface area contributed by atoms with Crippen LogP contribution in [0.2, 0.25) is 0 Å². The zero-order chi connectivity index (χ0) is 15.0. The summed E-state index contributed by atoms with van der Waals surface area (Å²) in [5, 5.41) is 10.6. The van der Waals surface area contributed by atoms with Gasteiger partial charge in [0, 0.05) is 25.3 Å². The first-order valence-electron chi connectivity index (χ1n) is 3.97. The highest BCUT2D eigenvalue weighted by atomic mass is 127. The van der Waals surface area contributed by atoms with Gasteiger partial charge in [-0.3, -0.25) is 0 Å². The molecule has 0 saturated heterocycles. The van der Waals surface area contributed by atoms with Crippen molar-refractivity contribution < 1.29 is 31.2 Å². The van der Waals surface area contributed by atoms with Crippen LogP contribution in [0, 0.1) is 13.7 Å². The number of rotatable bonds is 3. The van der Waals surface area contributed by atoms with Gasteiger partial charge in [0.2, 0.25) is 0 Å². The molecule has 0 saturated carbocycles. The fraction of sp³-hybridized carbons (Fsp3) is 0.167. The Labute approximate surface area is 121 Å². The number of aromatic nitrogens is 1. The minimum Gasteiger partial charge on any atom is -0.366 e. The van der Waals surface area contributed by atoms with Gasteiger partial charge in [-0.05, 0) is 27.5 Å². The predicted molar refractivity (Wildman–Crippen MR) is 63.3 cm³/mol. The van der Waals surface area contributed by atoms with Crippen molar-refractivity contribution in [1.29, 1.82) is 0 Å². The molecule has 0 atom stereocenters. The predicted octanol–water partition coefficient (Wildman–Crippen LogP) is 2.42. The Balaban J connectivity index is 3.52. The Morgan fingerprint density at radius 1 is 1.47 bits per heavy atom. The Morgan fingerprint density at radius 3 is 2.37 bits per heavy atom. The van der Waals surface area contributed by atoms with E-state index in [1.807, 2.05) is 0 Å². The Morgan fingerprint density at radius 2 is 2.00 bits per heavy atom. The maximum atomic E-state index is 12.0. The molecule has 0 fully saturated rings. The van der Waals surface area contributed by atoms with E-state index < -0.39 is 40.5 Å². The first-order valence-corrected chi connectivity index (χ1v) is 7.36. The SMILES string of the molecule is O=[N+]([O-])c1nc(OC(F)(F)F)cc(I)c1S(=O)(=O)Cl. The largest absolute Gasteiger partial charge is 0.575 e. The standard InChI is InChI=1S/C6HClF3IN2O5S/c7-19(16,17)4-2(11)1-3(18-6(8,9)10)12-5(4)13(14)15/h1H. The molecule has 1 rings (SSSR count). The zero-order valence-electron chi connectivity index (χ0n) is 8.31. The lowest BCUT2D eigenvalue weighted by molar-refractivity contribution is -0.393. The molecule has 1 aromatic rings. The van der Waals surface area contributed by atoms with Crippen molar-refractivity contribution in [1.82, 2.24) is 4.98 Å². The average molecular weight is 433 g/mol. The third-order valence-corrected chi connectivity index (χ3v) is 4.09. The summed E-state index contributed by atoms with van der Waals surface area (Å²) in [6.07, 6.45) is -5.12. The van der Waals surface area contributed by atoms with E-state index in [-0.39, 0.29) is 0 Å². The van der Waals surface area contributed by atoms with Crippen LogP contribution in [0.15, 0.2) is 11.0 Å². The molecule has 0 aliphatic heterocycles. The van der Waals surface area contributed by atoms with E-state index in [1.165, 1.54) is 22.6 Å². The van der Waals surface area contributed by atoms with Crippen molar-refractivity contribution in [2.24, 2.45) is 0 Å². The van der Waals surface area contributed by atoms with Crippen LogP contribution in [-0.2, 0) is 9.05 Å². The highest BCUT2D eigenvalue weighted by Gasteiger charge is 2.37. The van der Waals surface area contributed by atoms with Gasteiger partial charge in [-0.1, -0.05) is 0 Å². The number of nitro groups is 1. The van der Waals surface area contributed by atoms with Gasteiger partial charge in [0.15, 0.2) is 4.90 Å². The van der Waals surface area contributed by atoms with Crippen molar-refractivity contribution in [3.05, 3.63) is 19.8 Å². The van der Waals surface area contributed by atoms with Crippen LogP contribution in [0.1, 0.15) is 0 Å². The molecule has 0 radical (unpaired) electrons. The molecular weight excluding hydrogens is 431 g/mol. The van der Waals surface area contributed by atoms with Gasteiger partial charge in [0.05, 0.1) is 0 Å². The molecule has 106 valence electrons. The lowest BCUT2D eigenvalue weighted by Gasteiger charge is -2.07. The summed E-state index contributed by atoms with van der Waals surface area (Å²) in [6, 6.07) is 0.566. The Bertz CT molecular complexity index is 634. The number of halogens is 5. The Hall–Kier alpha value is -0.890. The molecule has 19 heavy (non-hydrogen) atoms. The molecule has 0 N–H and O–H groups in total. The molecule has 1 aromatic heterocycles. The third-order valence-electron chi connectivity index (χ3n) is 1.52. The minimum atomic E-state index is -5.12. The van der Waals surface area contributed by atoms with E-state index in [1.54, 1.807) is 0 Å². The molecule has 0 bridgehead atoms. The Kier molecular flexibility index (Phi) is 4.46. The van der Waals surface area contributed by atoms with Crippen molar-refractivity contribution in [2.45, 2.75) is 11.3 Å². The van der Waals surface area contributed by atoms with Gasteiger partial charge in [-0.2, -0.15) is 0 Å². The third kappa shape index (κ3) is 4.31. The maximum absolute atomic E-state index is 12.0. The first-order chi connectivity index (χ1) is 8.42. The fourth-order valence-corrected chi connectivity index (χ4v) is 3.84. The van der Waals surface area contributed by atoms with Gasteiger partial charge in [0.1, 0.15) is 0 Å². The highest BCUT2D eigenvalue weighted by molar-refractivity contribution is 14.1. The van der Waals surface area contributed by atoms with Crippen LogP contribution in [0.5, 0.6) is 5.88 Å². The van der Waals surface area contributed by atoms with Crippen LogP contribution >= 0.6 is 33.3 Å².